The van der Waals surface area contributed by atoms with Crippen molar-refractivity contribution in [2.45, 2.75) is 31.6 Å². The molecule has 0 saturated heterocycles. The van der Waals surface area contributed by atoms with E-state index in [-0.39, 0.29) is 11.7 Å². The van der Waals surface area contributed by atoms with E-state index in [9.17, 15) is 9.59 Å². The number of carbonyl (C=O) groups excluding carboxylic acids is 2. The van der Waals surface area contributed by atoms with Crippen LogP contribution in [-0.4, -0.2) is 17.4 Å². The summed E-state index contributed by atoms with van der Waals surface area (Å²) >= 11 is 1.73. The quantitative estimate of drug-likeness (QED) is 0.624. The zero-order valence-corrected chi connectivity index (χ0v) is 11.0. The molecule has 0 heterocycles. The van der Waals surface area contributed by atoms with Crippen LogP contribution < -0.4 is 5.32 Å². The van der Waals surface area contributed by atoms with Gasteiger partial charge in [0.15, 0.2) is 0 Å². The van der Waals surface area contributed by atoms with Crippen LogP contribution in [0.1, 0.15) is 26.7 Å². The molecule has 0 spiro atoms. The van der Waals surface area contributed by atoms with E-state index < -0.39 is 0 Å². The second kappa shape index (κ2) is 7.12. The third-order valence-corrected chi connectivity index (χ3v) is 3.21. The van der Waals surface area contributed by atoms with Crippen molar-refractivity contribution < 1.29 is 9.59 Å². The molecule has 0 aliphatic rings. The molecule has 1 amide bonds. The van der Waals surface area contributed by atoms with E-state index in [1.165, 1.54) is 6.92 Å². The van der Waals surface area contributed by atoms with Crippen LogP contribution in [-0.2, 0) is 9.59 Å². The van der Waals surface area contributed by atoms with Crippen LogP contribution in [0.2, 0.25) is 0 Å². The van der Waals surface area contributed by atoms with Crippen molar-refractivity contribution in [2.24, 2.45) is 0 Å². The second-order valence-corrected chi connectivity index (χ2v) is 5.03. The summed E-state index contributed by atoms with van der Waals surface area (Å²) < 4.78 is 0. The Labute approximate surface area is 106 Å². The Balaban J connectivity index is 2.35. The molecule has 1 N–H and O–H groups in total. The zero-order chi connectivity index (χ0) is 12.7. The number of benzene rings is 1. The lowest BCUT2D eigenvalue weighted by atomic mass is 10.3. The molecule has 1 aromatic rings. The Kier molecular flexibility index (Phi) is 5.77. The first kappa shape index (κ1) is 13.8. The van der Waals surface area contributed by atoms with E-state index in [0.29, 0.717) is 6.42 Å². The average molecular weight is 251 g/mol. The molecule has 0 aliphatic carbocycles. The van der Waals surface area contributed by atoms with Crippen molar-refractivity contribution in [3.05, 3.63) is 24.3 Å². The second-order valence-electron chi connectivity index (χ2n) is 3.86. The lowest BCUT2D eigenvalue weighted by Gasteiger charge is -2.04. The lowest BCUT2D eigenvalue weighted by molar-refractivity contribution is -0.117. The summed E-state index contributed by atoms with van der Waals surface area (Å²) in [6, 6.07) is 7.72. The van der Waals surface area contributed by atoms with Gasteiger partial charge in [-0.3, -0.25) is 4.79 Å². The van der Waals surface area contributed by atoms with Crippen molar-refractivity contribution >= 4 is 29.1 Å². The number of nitrogens with one attached hydrogen (secondary N) is 1. The molecule has 0 aromatic heterocycles. The van der Waals surface area contributed by atoms with Gasteiger partial charge in [-0.25, -0.2) is 0 Å². The molecular weight excluding hydrogens is 234 g/mol. The average Bonchev–Trinajstić information content (AvgIpc) is 2.25. The number of thioether (sulfide) groups is 1. The van der Waals surface area contributed by atoms with Gasteiger partial charge in [-0.15, -0.1) is 11.8 Å². The fraction of sp³-hybridized carbons (Fsp3) is 0.385. The van der Waals surface area contributed by atoms with Gasteiger partial charge in [0.1, 0.15) is 5.78 Å². The van der Waals surface area contributed by atoms with E-state index >= 15 is 0 Å². The van der Waals surface area contributed by atoms with Crippen LogP contribution in [0, 0.1) is 0 Å². The number of rotatable bonds is 6. The molecule has 0 unspecified atom stereocenters. The van der Waals surface area contributed by atoms with Crippen molar-refractivity contribution in [1.82, 2.24) is 0 Å². The Bertz CT molecular complexity index is 387. The van der Waals surface area contributed by atoms with Crippen LogP contribution in [0.3, 0.4) is 0 Å². The van der Waals surface area contributed by atoms with E-state index in [2.05, 4.69) is 5.32 Å². The minimum atomic E-state index is -0.0631. The molecule has 0 aliphatic heterocycles. The summed E-state index contributed by atoms with van der Waals surface area (Å²) in [6.45, 7) is 3.11. The van der Waals surface area contributed by atoms with Crippen LogP contribution >= 0.6 is 11.8 Å². The first-order valence-corrected chi connectivity index (χ1v) is 6.56. The third kappa shape index (κ3) is 6.12. The summed E-state index contributed by atoms with van der Waals surface area (Å²) in [5.41, 5.74) is 0.811. The topological polar surface area (TPSA) is 46.2 Å². The maximum atomic E-state index is 10.8. The molecule has 3 nitrogen and oxygen atoms in total. The van der Waals surface area contributed by atoms with Crippen LogP contribution in [0.4, 0.5) is 5.69 Å². The summed E-state index contributed by atoms with van der Waals surface area (Å²) in [6.07, 6.45) is 1.56. The SMILES string of the molecule is CC(=O)CCCSc1ccc(NC(C)=O)cc1. The molecule has 4 heteroatoms. The summed E-state index contributed by atoms with van der Waals surface area (Å²) in [7, 11) is 0. The first-order valence-electron chi connectivity index (χ1n) is 5.58. The van der Waals surface area contributed by atoms with Gasteiger partial charge in [0, 0.05) is 23.9 Å². The monoisotopic (exact) mass is 251 g/mol. The maximum Gasteiger partial charge on any atom is 0.221 e. The zero-order valence-electron chi connectivity index (χ0n) is 10.2. The summed E-state index contributed by atoms with van der Waals surface area (Å²) in [5, 5.41) is 2.72. The molecule has 0 saturated carbocycles. The molecule has 0 atom stereocenters. The summed E-state index contributed by atoms with van der Waals surface area (Å²) in [5.74, 6) is 1.12. The van der Waals surface area contributed by atoms with E-state index in [0.717, 1.165) is 22.8 Å². The standard InChI is InChI=1S/C13H17NO2S/c1-10(15)4-3-9-17-13-7-5-12(6-8-13)14-11(2)16/h5-8H,3-4,9H2,1-2H3,(H,14,16). The van der Waals surface area contributed by atoms with Gasteiger partial charge < -0.3 is 10.1 Å². The highest BCUT2D eigenvalue weighted by atomic mass is 32.2. The minimum Gasteiger partial charge on any atom is -0.326 e. The van der Waals surface area contributed by atoms with Gasteiger partial charge in [-0.1, -0.05) is 0 Å². The molecule has 1 rings (SSSR count). The van der Waals surface area contributed by atoms with E-state index in [4.69, 9.17) is 0 Å². The maximum absolute atomic E-state index is 10.8. The van der Waals surface area contributed by atoms with Crippen LogP contribution in [0.15, 0.2) is 29.2 Å². The molecule has 0 fully saturated rings. The Morgan fingerprint density at radius 3 is 2.35 bits per heavy atom. The molecule has 1 aromatic carbocycles. The van der Waals surface area contributed by atoms with Crippen molar-refractivity contribution in [3.8, 4) is 0 Å². The van der Waals surface area contributed by atoms with E-state index in [1.54, 1.807) is 18.7 Å². The largest absolute Gasteiger partial charge is 0.326 e. The fourth-order valence-corrected chi connectivity index (χ4v) is 2.20. The molecule has 17 heavy (non-hydrogen) atoms. The number of hydrogen-bond acceptors (Lipinski definition) is 3. The highest BCUT2D eigenvalue weighted by Gasteiger charge is 1.98. The highest BCUT2D eigenvalue weighted by molar-refractivity contribution is 7.99. The lowest BCUT2D eigenvalue weighted by Crippen LogP contribution is -2.05. The van der Waals surface area contributed by atoms with Gasteiger partial charge in [-0.05, 0) is 43.4 Å². The van der Waals surface area contributed by atoms with Gasteiger partial charge in [0.2, 0.25) is 5.91 Å². The number of carbonyl (C=O) groups is 2. The van der Waals surface area contributed by atoms with E-state index in [1.807, 2.05) is 24.3 Å². The predicted molar refractivity (Wildman–Crippen MR) is 71.4 cm³/mol. The van der Waals surface area contributed by atoms with Gasteiger partial charge in [-0.2, -0.15) is 0 Å². The van der Waals surface area contributed by atoms with Gasteiger partial charge in [0.25, 0.3) is 0 Å². The number of amides is 1. The fourth-order valence-electron chi connectivity index (χ4n) is 1.35. The smallest absolute Gasteiger partial charge is 0.221 e. The van der Waals surface area contributed by atoms with Crippen molar-refractivity contribution in [3.63, 3.8) is 0 Å². The molecule has 0 radical (unpaired) electrons. The van der Waals surface area contributed by atoms with Crippen LogP contribution in [0.25, 0.3) is 0 Å². The molecule has 92 valence electrons. The van der Waals surface area contributed by atoms with Gasteiger partial charge >= 0.3 is 0 Å². The Morgan fingerprint density at radius 2 is 1.82 bits per heavy atom. The third-order valence-electron chi connectivity index (χ3n) is 2.12. The van der Waals surface area contributed by atoms with Crippen LogP contribution in [0.5, 0.6) is 0 Å². The van der Waals surface area contributed by atoms with Crippen molar-refractivity contribution in [1.29, 1.82) is 0 Å². The predicted octanol–water partition coefficient (Wildman–Crippen LogP) is 3.11. The number of ketones is 1. The van der Waals surface area contributed by atoms with Gasteiger partial charge in [0.05, 0.1) is 0 Å². The normalized spacial score (nSPS) is 10.0. The first-order chi connectivity index (χ1) is 8.08. The summed E-state index contributed by atoms with van der Waals surface area (Å²) in [4.78, 5) is 22.7. The minimum absolute atomic E-state index is 0.0631. The Morgan fingerprint density at radius 1 is 1.18 bits per heavy atom. The molecular formula is C13H17NO2S. The number of hydrogen-bond donors (Lipinski definition) is 1. The van der Waals surface area contributed by atoms with Crippen molar-refractivity contribution in [2.75, 3.05) is 11.1 Å². The molecule has 0 bridgehead atoms. The number of Topliss-reactive ketones (excluding diaryl/α,β-unsaturated/α-hetero) is 1. The Hall–Kier alpha value is -1.29. The highest BCUT2D eigenvalue weighted by Crippen LogP contribution is 2.21. The number of anilines is 1.